The highest BCUT2D eigenvalue weighted by atomic mass is 16.5. The molecule has 0 aliphatic rings. The summed E-state index contributed by atoms with van der Waals surface area (Å²) in [5.74, 6) is 0. The predicted octanol–water partition coefficient (Wildman–Crippen LogP) is 0.502. The van der Waals surface area contributed by atoms with E-state index in [1.807, 2.05) is 18.9 Å². The van der Waals surface area contributed by atoms with Crippen LogP contribution in [0.3, 0.4) is 0 Å². The van der Waals surface area contributed by atoms with Crippen LogP contribution in [0.15, 0.2) is 12.2 Å². The highest BCUT2D eigenvalue weighted by molar-refractivity contribution is 4.91. The van der Waals surface area contributed by atoms with Gasteiger partial charge in [0.2, 0.25) is 0 Å². The summed E-state index contributed by atoms with van der Waals surface area (Å²) < 4.78 is 4.81. The number of likely N-dealkylation sites (N-methyl/N-ethyl adjacent to an activating group) is 1. The van der Waals surface area contributed by atoms with E-state index in [-0.39, 0.29) is 0 Å². The van der Waals surface area contributed by atoms with Crippen molar-refractivity contribution in [3.8, 4) is 0 Å². The van der Waals surface area contributed by atoms with Crippen molar-refractivity contribution in [1.82, 2.24) is 4.90 Å². The first-order chi connectivity index (χ1) is 5.56. The number of methoxy groups -OCH3 is 1. The van der Waals surface area contributed by atoms with E-state index in [4.69, 9.17) is 4.74 Å². The SMILES string of the molecule is C=C(C)CN(C)CC(O)COC. The molecular weight excluding hydrogens is 154 g/mol. The lowest BCUT2D eigenvalue weighted by molar-refractivity contribution is 0.0450. The third-order valence-electron chi connectivity index (χ3n) is 1.42. The van der Waals surface area contributed by atoms with Crippen LogP contribution in [0, 0.1) is 0 Å². The minimum Gasteiger partial charge on any atom is -0.389 e. The van der Waals surface area contributed by atoms with E-state index < -0.39 is 6.10 Å². The van der Waals surface area contributed by atoms with Gasteiger partial charge in [-0.15, -0.1) is 0 Å². The van der Waals surface area contributed by atoms with E-state index in [2.05, 4.69) is 6.58 Å². The molecule has 72 valence electrons. The van der Waals surface area contributed by atoms with Crippen LogP contribution in [-0.4, -0.2) is 50.0 Å². The van der Waals surface area contributed by atoms with Crippen molar-refractivity contribution in [1.29, 1.82) is 0 Å². The Balaban J connectivity index is 3.53. The van der Waals surface area contributed by atoms with E-state index in [0.29, 0.717) is 13.2 Å². The standard InChI is InChI=1S/C9H19NO2/c1-8(2)5-10(3)6-9(11)7-12-4/h9,11H,1,5-7H2,2-4H3. The van der Waals surface area contributed by atoms with Gasteiger partial charge in [-0.2, -0.15) is 0 Å². The molecule has 0 aromatic rings. The van der Waals surface area contributed by atoms with Gasteiger partial charge < -0.3 is 9.84 Å². The number of aliphatic hydroxyl groups excluding tert-OH is 1. The van der Waals surface area contributed by atoms with Crippen LogP contribution in [0.5, 0.6) is 0 Å². The molecule has 0 spiro atoms. The Morgan fingerprint density at radius 3 is 2.67 bits per heavy atom. The van der Waals surface area contributed by atoms with Crippen LogP contribution in [0.1, 0.15) is 6.92 Å². The Labute approximate surface area is 74.6 Å². The summed E-state index contributed by atoms with van der Waals surface area (Å²) in [5, 5.41) is 9.34. The van der Waals surface area contributed by atoms with Crippen molar-refractivity contribution in [3.63, 3.8) is 0 Å². The third-order valence-corrected chi connectivity index (χ3v) is 1.42. The van der Waals surface area contributed by atoms with Crippen LogP contribution in [-0.2, 0) is 4.74 Å². The monoisotopic (exact) mass is 173 g/mol. The second-order valence-corrected chi connectivity index (χ2v) is 3.26. The molecule has 0 aliphatic heterocycles. The maximum Gasteiger partial charge on any atom is 0.0900 e. The molecule has 0 saturated carbocycles. The summed E-state index contributed by atoms with van der Waals surface area (Å²) in [6, 6.07) is 0. The quantitative estimate of drug-likeness (QED) is 0.594. The molecule has 0 amide bonds. The first kappa shape index (κ1) is 11.6. The average Bonchev–Trinajstić information content (AvgIpc) is 1.84. The minimum atomic E-state index is -0.403. The number of hydrogen-bond acceptors (Lipinski definition) is 3. The Morgan fingerprint density at radius 1 is 1.67 bits per heavy atom. The van der Waals surface area contributed by atoms with Crippen LogP contribution in [0.25, 0.3) is 0 Å². The maximum absolute atomic E-state index is 9.34. The van der Waals surface area contributed by atoms with Crippen molar-refractivity contribution in [2.75, 3.05) is 33.9 Å². The summed E-state index contributed by atoms with van der Waals surface area (Å²) in [5.41, 5.74) is 1.10. The predicted molar refractivity (Wildman–Crippen MR) is 50.2 cm³/mol. The van der Waals surface area contributed by atoms with Crippen molar-refractivity contribution in [2.24, 2.45) is 0 Å². The molecule has 1 atom stereocenters. The number of rotatable bonds is 6. The lowest BCUT2D eigenvalue weighted by Gasteiger charge is -2.19. The van der Waals surface area contributed by atoms with Gasteiger partial charge in [-0.3, -0.25) is 4.90 Å². The van der Waals surface area contributed by atoms with Crippen LogP contribution >= 0.6 is 0 Å². The molecule has 0 aromatic heterocycles. The molecule has 0 heterocycles. The first-order valence-corrected chi connectivity index (χ1v) is 4.06. The maximum atomic E-state index is 9.34. The number of hydrogen-bond donors (Lipinski definition) is 1. The zero-order valence-corrected chi connectivity index (χ0v) is 8.21. The molecular formula is C9H19NO2. The van der Waals surface area contributed by atoms with Crippen molar-refractivity contribution in [2.45, 2.75) is 13.0 Å². The molecule has 0 aromatic carbocycles. The number of nitrogens with zero attached hydrogens (tertiary/aromatic N) is 1. The van der Waals surface area contributed by atoms with Gasteiger partial charge in [0.25, 0.3) is 0 Å². The zero-order valence-electron chi connectivity index (χ0n) is 8.21. The zero-order chi connectivity index (χ0) is 9.56. The molecule has 0 rings (SSSR count). The van der Waals surface area contributed by atoms with Gasteiger partial charge in [-0.25, -0.2) is 0 Å². The molecule has 0 bridgehead atoms. The molecule has 0 fully saturated rings. The molecule has 0 aliphatic carbocycles. The molecule has 1 N–H and O–H groups in total. The van der Waals surface area contributed by atoms with E-state index in [1.165, 1.54) is 0 Å². The minimum absolute atomic E-state index is 0.389. The van der Waals surface area contributed by atoms with E-state index in [0.717, 1.165) is 12.1 Å². The smallest absolute Gasteiger partial charge is 0.0900 e. The Hall–Kier alpha value is -0.380. The lowest BCUT2D eigenvalue weighted by Crippen LogP contribution is -2.32. The summed E-state index contributed by atoms with van der Waals surface area (Å²) in [6.07, 6.45) is -0.403. The Morgan fingerprint density at radius 2 is 2.25 bits per heavy atom. The summed E-state index contributed by atoms with van der Waals surface area (Å²) in [6.45, 7) is 7.60. The van der Waals surface area contributed by atoms with Crippen molar-refractivity contribution in [3.05, 3.63) is 12.2 Å². The highest BCUT2D eigenvalue weighted by Crippen LogP contribution is 1.94. The molecule has 12 heavy (non-hydrogen) atoms. The van der Waals surface area contributed by atoms with Gasteiger partial charge in [0, 0.05) is 20.2 Å². The average molecular weight is 173 g/mol. The Bertz CT molecular complexity index is 136. The largest absolute Gasteiger partial charge is 0.389 e. The molecule has 1 unspecified atom stereocenters. The molecule has 3 nitrogen and oxygen atoms in total. The summed E-state index contributed by atoms with van der Waals surface area (Å²) in [4.78, 5) is 2.02. The summed E-state index contributed by atoms with van der Waals surface area (Å²) in [7, 11) is 3.54. The second-order valence-electron chi connectivity index (χ2n) is 3.26. The van der Waals surface area contributed by atoms with Gasteiger partial charge in [-0.05, 0) is 14.0 Å². The van der Waals surface area contributed by atoms with Crippen molar-refractivity contribution < 1.29 is 9.84 Å². The second kappa shape index (κ2) is 6.17. The topological polar surface area (TPSA) is 32.7 Å². The summed E-state index contributed by atoms with van der Waals surface area (Å²) >= 11 is 0. The lowest BCUT2D eigenvalue weighted by atomic mass is 10.3. The van der Waals surface area contributed by atoms with Crippen LogP contribution in [0.4, 0.5) is 0 Å². The van der Waals surface area contributed by atoms with E-state index in [1.54, 1.807) is 7.11 Å². The fraction of sp³-hybridized carbons (Fsp3) is 0.778. The molecule has 3 heteroatoms. The number of ether oxygens (including phenoxy) is 1. The van der Waals surface area contributed by atoms with Gasteiger partial charge in [0.1, 0.15) is 0 Å². The van der Waals surface area contributed by atoms with Crippen molar-refractivity contribution >= 4 is 0 Å². The highest BCUT2D eigenvalue weighted by Gasteiger charge is 2.06. The van der Waals surface area contributed by atoms with E-state index >= 15 is 0 Å². The first-order valence-electron chi connectivity index (χ1n) is 4.06. The fourth-order valence-corrected chi connectivity index (χ4v) is 1.13. The van der Waals surface area contributed by atoms with Crippen LogP contribution < -0.4 is 0 Å². The van der Waals surface area contributed by atoms with Gasteiger partial charge in [0.05, 0.1) is 12.7 Å². The van der Waals surface area contributed by atoms with E-state index in [9.17, 15) is 5.11 Å². The van der Waals surface area contributed by atoms with Gasteiger partial charge in [-0.1, -0.05) is 12.2 Å². The normalized spacial score (nSPS) is 13.4. The van der Waals surface area contributed by atoms with Gasteiger partial charge >= 0.3 is 0 Å². The van der Waals surface area contributed by atoms with Gasteiger partial charge in [0.15, 0.2) is 0 Å². The third kappa shape index (κ3) is 6.34. The Kier molecular flexibility index (Phi) is 5.98. The fourth-order valence-electron chi connectivity index (χ4n) is 1.13. The number of aliphatic hydroxyl groups is 1. The van der Waals surface area contributed by atoms with Crippen LogP contribution in [0.2, 0.25) is 0 Å². The molecule has 0 radical (unpaired) electrons. The molecule has 0 saturated heterocycles.